The van der Waals surface area contributed by atoms with Gasteiger partial charge in [0.05, 0.1) is 0 Å². The molecule has 0 unspecified atom stereocenters. The Bertz CT molecular complexity index is 857. The van der Waals surface area contributed by atoms with Crippen molar-refractivity contribution >= 4 is 23.2 Å². The zero-order valence-electron chi connectivity index (χ0n) is 14.9. The lowest BCUT2D eigenvalue weighted by molar-refractivity contribution is -0.132. The third-order valence-electron chi connectivity index (χ3n) is 4.54. The van der Waals surface area contributed by atoms with Crippen molar-refractivity contribution in [1.82, 2.24) is 24.6 Å². The quantitative estimate of drug-likeness (QED) is 0.744. The molecule has 1 fully saturated rings. The summed E-state index contributed by atoms with van der Waals surface area (Å²) in [5, 5.41) is 11.8. The number of piperazine rings is 1. The number of carbonyl (C=O) groups excluding carboxylic acids is 1. The molecule has 1 saturated heterocycles. The highest BCUT2D eigenvalue weighted by Crippen LogP contribution is 2.17. The number of nitrogens with one attached hydrogen (secondary N) is 1. The standard InChI is InChI=1S/C19H21N7O/c27-19(15-24-9-1-2-10-24)26-13-11-25(12-14-26)18-4-3-17(22-23-18)21-16-5-7-20-8-6-16/h1-10H,11-15H2,(H,20,21,22). The van der Waals surface area contributed by atoms with Gasteiger partial charge in [0.15, 0.2) is 11.6 Å². The molecule has 0 aliphatic carbocycles. The van der Waals surface area contributed by atoms with E-state index in [1.807, 2.05) is 58.3 Å². The Morgan fingerprint density at radius 3 is 2.37 bits per heavy atom. The van der Waals surface area contributed by atoms with E-state index in [1.165, 1.54) is 0 Å². The first-order chi connectivity index (χ1) is 13.3. The Balaban J connectivity index is 1.31. The van der Waals surface area contributed by atoms with E-state index in [0.29, 0.717) is 25.5 Å². The zero-order chi connectivity index (χ0) is 18.5. The van der Waals surface area contributed by atoms with Crippen molar-refractivity contribution in [3.8, 4) is 0 Å². The van der Waals surface area contributed by atoms with Crippen molar-refractivity contribution < 1.29 is 4.79 Å². The van der Waals surface area contributed by atoms with Crippen LogP contribution in [0.1, 0.15) is 0 Å². The lowest BCUT2D eigenvalue weighted by atomic mass is 10.3. The van der Waals surface area contributed by atoms with Gasteiger partial charge in [-0.1, -0.05) is 0 Å². The number of aromatic nitrogens is 4. The summed E-state index contributed by atoms with van der Waals surface area (Å²) in [6.45, 7) is 3.28. The van der Waals surface area contributed by atoms with E-state index in [2.05, 4.69) is 25.4 Å². The van der Waals surface area contributed by atoms with Crippen LogP contribution in [0.3, 0.4) is 0 Å². The second-order valence-electron chi connectivity index (χ2n) is 6.36. The summed E-state index contributed by atoms with van der Waals surface area (Å²) >= 11 is 0. The molecule has 4 rings (SSSR count). The number of pyridine rings is 1. The van der Waals surface area contributed by atoms with Crippen molar-refractivity contribution in [2.75, 3.05) is 36.4 Å². The zero-order valence-corrected chi connectivity index (χ0v) is 14.9. The van der Waals surface area contributed by atoms with Crippen molar-refractivity contribution in [3.63, 3.8) is 0 Å². The SMILES string of the molecule is O=C(Cn1cccc1)N1CCN(c2ccc(Nc3ccncc3)nn2)CC1. The molecule has 0 spiro atoms. The molecular formula is C19H21N7O. The predicted octanol–water partition coefficient (Wildman–Crippen LogP) is 1.77. The Morgan fingerprint density at radius 1 is 0.963 bits per heavy atom. The molecule has 3 aromatic heterocycles. The largest absolute Gasteiger partial charge is 0.352 e. The van der Waals surface area contributed by atoms with Crippen molar-refractivity contribution in [2.45, 2.75) is 6.54 Å². The van der Waals surface area contributed by atoms with Crippen LogP contribution in [0.5, 0.6) is 0 Å². The number of nitrogens with zero attached hydrogens (tertiary/aromatic N) is 6. The van der Waals surface area contributed by atoms with E-state index >= 15 is 0 Å². The van der Waals surface area contributed by atoms with Crippen LogP contribution in [0.15, 0.2) is 61.2 Å². The van der Waals surface area contributed by atoms with Crippen LogP contribution in [0, 0.1) is 0 Å². The maximum Gasteiger partial charge on any atom is 0.242 e. The number of amides is 1. The summed E-state index contributed by atoms with van der Waals surface area (Å²) in [5.74, 6) is 1.66. The fraction of sp³-hybridized carbons (Fsp3) is 0.263. The first kappa shape index (κ1) is 17.0. The fourth-order valence-corrected chi connectivity index (χ4v) is 3.06. The Kier molecular flexibility index (Phi) is 4.95. The number of rotatable bonds is 5. The monoisotopic (exact) mass is 363 g/mol. The summed E-state index contributed by atoms with van der Waals surface area (Å²) in [6.07, 6.45) is 7.26. The van der Waals surface area contributed by atoms with E-state index in [9.17, 15) is 4.79 Å². The van der Waals surface area contributed by atoms with Gasteiger partial charge in [0, 0.05) is 56.7 Å². The molecule has 4 heterocycles. The lowest BCUT2D eigenvalue weighted by Crippen LogP contribution is -2.49. The van der Waals surface area contributed by atoms with Crippen LogP contribution >= 0.6 is 0 Å². The van der Waals surface area contributed by atoms with Gasteiger partial charge >= 0.3 is 0 Å². The summed E-state index contributed by atoms with van der Waals surface area (Å²) < 4.78 is 1.90. The number of carbonyl (C=O) groups is 1. The van der Waals surface area contributed by atoms with Gasteiger partial charge in [0.1, 0.15) is 6.54 Å². The van der Waals surface area contributed by atoms with Crippen LogP contribution in [-0.4, -0.2) is 56.7 Å². The highest BCUT2D eigenvalue weighted by molar-refractivity contribution is 5.76. The van der Waals surface area contributed by atoms with Gasteiger partial charge in [0.2, 0.25) is 5.91 Å². The molecule has 8 heteroatoms. The van der Waals surface area contributed by atoms with E-state index < -0.39 is 0 Å². The molecule has 3 aromatic rings. The molecule has 0 atom stereocenters. The molecule has 1 aliphatic heterocycles. The van der Waals surface area contributed by atoms with Crippen molar-refractivity contribution in [3.05, 3.63) is 61.2 Å². The van der Waals surface area contributed by atoms with Gasteiger partial charge in [-0.25, -0.2) is 0 Å². The van der Waals surface area contributed by atoms with E-state index in [0.717, 1.165) is 24.6 Å². The minimum atomic E-state index is 0.147. The maximum absolute atomic E-state index is 12.4. The predicted molar refractivity (Wildman–Crippen MR) is 103 cm³/mol. The molecule has 1 N–H and O–H groups in total. The fourth-order valence-electron chi connectivity index (χ4n) is 3.06. The Morgan fingerprint density at radius 2 is 1.70 bits per heavy atom. The highest BCUT2D eigenvalue weighted by Gasteiger charge is 2.22. The molecule has 1 aliphatic rings. The molecule has 8 nitrogen and oxygen atoms in total. The van der Waals surface area contributed by atoms with Gasteiger partial charge in [-0.2, -0.15) is 0 Å². The van der Waals surface area contributed by atoms with Gasteiger partial charge in [-0.15, -0.1) is 10.2 Å². The smallest absolute Gasteiger partial charge is 0.242 e. The molecule has 27 heavy (non-hydrogen) atoms. The number of hydrogen-bond donors (Lipinski definition) is 1. The summed E-state index contributed by atoms with van der Waals surface area (Å²) in [7, 11) is 0. The molecule has 138 valence electrons. The first-order valence-corrected chi connectivity index (χ1v) is 8.92. The summed E-state index contributed by atoms with van der Waals surface area (Å²) in [4.78, 5) is 20.4. The van der Waals surface area contributed by atoms with Crippen molar-refractivity contribution in [1.29, 1.82) is 0 Å². The second-order valence-corrected chi connectivity index (χ2v) is 6.36. The third kappa shape index (κ3) is 4.22. The van der Waals surface area contributed by atoms with E-state index in [-0.39, 0.29) is 5.91 Å². The topological polar surface area (TPSA) is 79.2 Å². The number of hydrogen-bond acceptors (Lipinski definition) is 6. The van der Waals surface area contributed by atoms with Crippen LogP contribution in [0.25, 0.3) is 0 Å². The molecule has 0 saturated carbocycles. The van der Waals surface area contributed by atoms with E-state index in [1.54, 1.807) is 12.4 Å². The van der Waals surface area contributed by atoms with Crippen LogP contribution in [-0.2, 0) is 11.3 Å². The van der Waals surface area contributed by atoms with E-state index in [4.69, 9.17) is 0 Å². The van der Waals surface area contributed by atoms with Gasteiger partial charge in [-0.3, -0.25) is 9.78 Å². The van der Waals surface area contributed by atoms with Crippen molar-refractivity contribution in [2.24, 2.45) is 0 Å². The first-order valence-electron chi connectivity index (χ1n) is 8.92. The van der Waals surface area contributed by atoms with Crippen LogP contribution < -0.4 is 10.2 Å². The van der Waals surface area contributed by atoms with Gasteiger partial charge in [-0.05, 0) is 36.4 Å². The third-order valence-corrected chi connectivity index (χ3v) is 4.54. The molecule has 0 aromatic carbocycles. The highest BCUT2D eigenvalue weighted by atomic mass is 16.2. The number of anilines is 3. The minimum Gasteiger partial charge on any atom is -0.352 e. The average molecular weight is 363 g/mol. The average Bonchev–Trinajstić information content (AvgIpc) is 3.22. The maximum atomic E-state index is 12.4. The lowest BCUT2D eigenvalue weighted by Gasteiger charge is -2.35. The minimum absolute atomic E-state index is 0.147. The van der Waals surface area contributed by atoms with Gasteiger partial charge < -0.3 is 19.7 Å². The molecule has 0 bridgehead atoms. The normalized spacial score (nSPS) is 14.2. The summed E-state index contributed by atoms with van der Waals surface area (Å²) in [5.41, 5.74) is 0.918. The Hall–Kier alpha value is -3.42. The molecule has 0 radical (unpaired) electrons. The van der Waals surface area contributed by atoms with Crippen LogP contribution in [0.4, 0.5) is 17.3 Å². The summed E-state index contributed by atoms with van der Waals surface area (Å²) in [6, 6.07) is 11.5. The molecule has 1 amide bonds. The molecular weight excluding hydrogens is 342 g/mol. The second kappa shape index (κ2) is 7.86. The van der Waals surface area contributed by atoms with Crippen LogP contribution in [0.2, 0.25) is 0 Å². The Labute approximate surface area is 157 Å². The van der Waals surface area contributed by atoms with Gasteiger partial charge in [0.25, 0.3) is 0 Å².